The van der Waals surface area contributed by atoms with Crippen LogP contribution in [-0.2, 0) is 9.53 Å². The number of nitrogens with zero attached hydrogens (tertiary/aromatic N) is 1. The summed E-state index contributed by atoms with van der Waals surface area (Å²) in [6.45, 7) is 7.72. The summed E-state index contributed by atoms with van der Waals surface area (Å²) < 4.78 is 5.10. The van der Waals surface area contributed by atoms with Gasteiger partial charge in [-0.2, -0.15) is 0 Å². The van der Waals surface area contributed by atoms with Gasteiger partial charge in [0.1, 0.15) is 0 Å². The summed E-state index contributed by atoms with van der Waals surface area (Å²) in [6.07, 6.45) is 6.14. The van der Waals surface area contributed by atoms with E-state index in [1.807, 2.05) is 6.92 Å². The van der Waals surface area contributed by atoms with E-state index >= 15 is 0 Å². The van der Waals surface area contributed by atoms with Gasteiger partial charge in [0.05, 0.1) is 13.2 Å². The molecular weight excluding hydrogens is 240 g/mol. The average molecular weight is 270 g/mol. The van der Waals surface area contributed by atoms with Crippen LogP contribution in [0.3, 0.4) is 0 Å². The molecule has 2 unspecified atom stereocenters. The monoisotopic (exact) mass is 270 g/mol. The van der Waals surface area contributed by atoms with Crippen LogP contribution in [0.1, 0.15) is 52.9 Å². The second kappa shape index (κ2) is 8.54. The van der Waals surface area contributed by atoms with E-state index in [-0.39, 0.29) is 5.97 Å². The van der Waals surface area contributed by atoms with Crippen LogP contribution in [-0.4, -0.2) is 42.6 Å². The zero-order chi connectivity index (χ0) is 14.3. The highest BCUT2D eigenvalue weighted by molar-refractivity contribution is 5.71. The molecule has 19 heavy (non-hydrogen) atoms. The minimum atomic E-state index is -0.115. The molecule has 0 bridgehead atoms. The van der Waals surface area contributed by atoms with E-state index in [9.17, 15) is 4.79 Å². The zero-order valence-corrected chi connectivity index (χ0v) is 12.7. The Morgan fingerprint density at radius 1 is 1.32 bits per heavy atom. The van der Waals surface area contributed by atoms with Gasteiger partial charge < -0.3 is 10.5 Å². The Labute approximate surface area is 117 Å². The molecule has 2 atom stereocenters. The fourth-order valence-electron chi connectivity index (χ4n) is 3.11. The lowest BCUT2D eigenvalue weighted by Gasteiger charge is -2.38. The van der Waals surface area contributed by atoms with E-state index in [2.05, 4.69) is 18.7 Å². The van der Waals surface area contributed by atoms with Crippen molar-refractivity contribution in [3.05, 3.63) is 0 Å². The molecule has 1 aliphatic carbocycles. The number of esters is 1. The lowest BCUT2D eigenvalue weighted by molar-refractivity contribution is -0.146. The molecule has 0 heterocycles. The predicted octanol–water partition coefficient (Wildman–Crippen LogP) is 2.17. The quantitative estimate of drug-likeness (QED) is 0.593. The Morgan fingerprint density at radius 2 is 2.00 bits per heavy atom. The van der Waals surface area contributed by atoms with Gasteiger partial charge >= 0.3 is 5.97 Å². The van der Waals surface area contributed by atoms with Gasteiger partial charge in [0.25, 0.3) is 0 Å². The minimum Gasteiger partial charge on any atom is -0.465 e. The van der Waals surface area contributed by atoms with Crippen LogP contribution in [0, 0.1) is 5.92 Å². The molecule has 0 saturated heterocycles. The van der Waals surface area contributed by atoms with E-state index in [0.717, 1.165) is 13.0 Å². The molecule has 4 heteroatoms. The number of hydrogen-bond acceptors (Lipinski definition) is 4. The number of carbonyl (C=O) groups is 1. The van der Waals surface area contributed by atoms with Gasteiger partial charge in [-0.15, -0.1) is 0 Å². The summed E-state index contributed by atoms with van der Waals surface area (Å²) >= 11 is 0. The van der Waals surface area contributed by atoms with E-state index in [1.165, 1.54) is 25.7 Å². The van der Waals surface area contributed by atoms with E-state index in [4.69, 9.17) is 10.5 Å². The van der Waals surface area contributed by atoms with Crippen molar-refractivity contribution in [2.45, 2.75) is 65.0 Å². The van der Waals surface area contributed by atoms with Crippen LogP contribution < -0.4 is 5.73 Å². The molecule has 1 fully saturated rings. The summed E-state index contributed by atoms with van der Waals surface area (Å²) in [5.74, 6) is 0.399. The summed E-state index contributed by atoms with van der Waals surface area (Å²) in [5.41, 5.74) is 5.95. The summed E-state index contributed by atoms with van der Waals surface area (Å²) in [4.78, 5) is 14.1. The highest BCUT2D eigenvalue weighted by Gasteiger charge is 2.31. The van der Waals surface area contributed by atoms with Gasteiger partial charge in [0, 0.05) is 12.1 Å². The van der Waals surface area contributed by atoms with E-state index < -0.39 is 0 Å². The molecule has 0 aromatic carbocycles. The second-order valence-electron chi connectivity index (χ2n) is 5.77. The average Bonchev–Trinajstić information content (AvgIpc) is 2.60. The molecule has 0 amide bonds. The Hall–Kier alpha value is -0.610. The molecule has 0 aromatic rings. The number of nitrogens with two attached hydrogens (primary N) is 1. The van der Waals surface area contributed by atoms with Gasteiger partial charge in [-0.3, -0.25) is 9.69 Å². The summed E-state index contributed by atoms with van der Waals surface area (Å²) in [7, 11) is 0. The SMILES string of the molecule is CCOC(=O)CN(C(C)C)C1CCCCCC1CN. The molecule has 0 spiro atoms. The van der Waals surface area contributed by atoms with Crippen molar-refractivity contribution in [1.82, 2.24) is 4.90 Å². The Bertz CT molecular complexity index is 269. The molecule has 1 saturated carbocycles. The van der Waals surface area contributed by atoms with E-state index in [0.29, 0.717) is 31.2 Å². The summed E-state index contributed by atoms with van der Waals surface area (Å²) in [6, 6.07) is 0.776. The third-order valence-corrected chi connectivity index (χ3v) is 4.13. The molecular formula is C15H30N2O2. The Balaban J connectivity index is 2.73. The number of ether oxygens (including phenoxy) is 1. The van der Waals surface area contributed by atoms with Crippen molar-refractivity contribution in [2.24, 2.45) is 11.7 Å². The predicted molar refractivity (Wildman–Crippen MR) is 77.9 cm³/mol. The van der Waals surface area contributed by atoms with Crippen LogP contribution in [0.25, 0.3) is 0 Å². The fourth-order valence-corrected chi connectivity index (χ4v) is 3.11. The van der Waals surface area contributed by atoms with Crippen LogP contribution in [0.4, 0.5) is 0 Å². The van der Waals surface area contributed by atoms with Crippen molar-refractivity contribution in [1.29, 1.82) is 0 Å². The maximum Gasteiger partial charge on any atom is 0.320 e. The topological polar surface area (TPSA) is 55.6 Å². The van der Waals surface area contributed by atoms with Crippen molar-refractivity contribution in [3.63, 3.8) is 0 Å². The van der Waals surface area contributed by atoms with Crippen molar-refractivity contribution < 1.29 is 9.53 Å². The molecule has 4 nitrogen and oxygen atoms in total. The first kappa shape index (κ1) is 16.4. The van der Waals surface area contributed by atoms with Gasteiger partial charge in [-0.05, 0) is 46.1 Å². The van der Waals surface area contributed by atoms with Crippen molar-refractivity contribution in [2.75, 3.05) is 19.7 Å². The Kier molecular flexibility index (Phi) is 7.39. The van der Waals surface area contributed by atoms with Crippen LogP contribution >= 0.6 is 0 Å². The molecule has 0 radical (unpaired) electrons. The lowest BCUT2D eigenvalue weighted by atomic mass is 9.92. The molecule has 2 N–H and O–H groups in total. The summed E-state index contributed by atoms with van der Waals surface area (Å²) in [5, 5.41) is 0. The fraction of sp³-hybridized carbons (Fsp3) is 0.933. The minimum absolute atomic E-state index is 0.115. The normalized spacial score (nSPS) is 24.5. The van der Waals surface area contributed by atoms with Gasteiger partial charge in [0.15, 0.2) is 0 Å². The molecule has 0 aliphatic heterocycles. The smallest absolute Gasteiger partial charge is 0.320 e. The first-order valence-electron chi connectivity index (χ1n) is 7.71. The highest BCUT2D eigenvalue weighted by atomic mass is 16.5. The lowest BCUT2D eigenvalue weighted by Crippen LogP contribution is -2.48. The largest absolute Gasteiger partial charge is 0.465 e. The third kappa shape index (κ3) is 5.11. The second-order valence-corrected chi connectivity index (χ2v) is 5.77. The zero-order valence-electron chi connectivity index (χ0n) is 12.7. The maximum absolute atomic E-state index is 11.8. The van der Waals surface area contributed by atoms with Gasteiger partial charge in [-0.25, -0.2) is 0 Å². The van der Waals surface area contributed by atoms with Crippen molar-refractivity contribution in [3.8, 4) is 0 Å². The van der Waals surface area contributed by atoms with Crippen LogP contribution in [0.15, 0.2) is 0 Å². The molecule has 112 valence electrons. The number of carbonyl (C=O) groups excluding carboxylic acids is 1. The molecule has 0 aromatic heterocycles. The number of hydrogen-bond donors (Lipinski definition) is 1. The Morgan fingerprint density at radius 3 is 2.58 bits per heavy atom. The first-order valence-corrected chi connectivity index (χ1v) is 7.71. The molecule has 1 rings (SSSR count). The third-order valence-electron chi connectivity index (χ3n) is 4.13. The van der Waals surface area contributed by atoms with Gasteiger partial charge in [-0.1, -0.05) is 19.3 Å². The maximum atomic E-state index is 11.8. The van der Waals surface area contributed by atoms with Crippen LogP contribution in [0.2, 0.25) is 0 Å². The van der Waals surface area contributed by atoms with Crippen LogP contribution in [0.5, 0.6) is 0 Å². The standard InChI is InChI=1S/C15H30N2O2/c1-4-19-15(18)11-17(12(2)3)14-9-7-5-6-8-13(14)10-16/h12-14H,4-11,16H2,1-3H3. The first-order chi connectivity index (χ1) is 9.10. The number of rotatable bonds is 6. The van der Waals surface area contributed by atoms with Gasteiger partial charge in [0.2, 0.25) is 0 Å². The molecule has 1 aliphatic rings. The van der Waals surface area contributed by atoms with Crippen molar-refractivity contribution >= 4 is 5.97 Å². The van der Waals surface area contributed by atoms with E-state index in [1.54, 1.807) is 0 Å². The highest BCUT2D eigenvalue weighted by Crippen LogP contribution is 2.28.